The number of aliphatic carboxylic acids is 1. The van der Waals surface area contributed by atoms with E-state index in [9.17, 15) is 24.3 Å². The lowest BCUT2D eigenvalue weighted by molar-refractivity contribution is -0.144. The number of hydrogen-bond donors (Lipinski definition) is 2. The molecule has 3 N–H and O–H groups in total. The highest BCUT2D eigenvalue weighted by Gasteiger charge is 2.37. The van der Waals surface area contributed by atoms with Gasteiger partial charge in [0.15, 0.2) is 11.5 Å². The fourth-order valence-electron chi connectivity index (χ4n) is 3.56. The molecule has 0 spiro atoms. The maximum atomic E-state index is 12.5. The lowest BCUT2D eigenvalue weighted by Gasteiger charge is -2.28. The Morgan fingerprint density at radius 2 is 1.23 bits per heavy atom. The summed E-state index contributed by atoms with van der Waals surface area (Å²) >= 11 is 0. The number of hydrogen-bond acceptors (Lipinski definition) is 11. The molecule has 0 aliphatic heterocycles. The molecule has 0 fully saturated rings. The summed E-state index contributed by atoms with van der Waals surface area (Å²) in [7, 11) is 0. The van der Waals surface area contributed by atoms with Crippen LogP contribution in [-0.4, -0.2) is 53.4 Å². The van der Waals surface area contributed by atoms with Crippen molar-refractivity contribution in [2.45, 2.75) is 85.2 Å². The van der Waals surface area contributed by atoms with E-state index in [1.165, 1.54) is 25.1 Å². The van der Waals surface area contributed by atoms with Gasteiger partial charge in [0, 0.05) is 12.8 Å². The zero-order valence-corrected chi connectivity index (χ0v) is 25.5. The van der Waals surface area contributed by atoms with Gasteiger partial charge in [0.05, 0.1) is 0 Å². The molecule has 0 saturated heterocycles. The van der Waals surface area contributed by atoms with Crippen LogP contribution in [0.2, 0.25) is 0 Å². The van der Waals surface area contributed by atoms with Gasteiger partial charge in [-0.1, -0.05) is 52.0 Å². The predicted molar refractivity (Wildman–Crippen MR) is 155 cm³/mol. The van der Waals surface area contributed by atoms with E-state index in [0.717, 1.165) is 0 Å². The van der Waals surface area contributed by atoms with Crippen LogP contribution in [0.15, 0.2) is 48.5 Å². The van der Waals surface area contributed by atoms with E-state index in [0.29, 0.717) is 5.56 Å². The lowest BCUT2D eigenvalue weighted by Crippen LogP contribution is -2.52. The number of para-hydroxylation sites is 1. The first kappa shape index (κ1) is 34.9. The average molecular weight is 604 g/mol. The van der Waals surface area contributed by atoms with E-state index in [4.69, 9.17) is 34.2 Å². The van der Waals surface area contributed by atoms with Crippen molar-refractivity contribution in [1.29, 1.82) is 0 Å². The Labute approximate surface area is 251 Å². The number of rotatable bonds is 13. The minimum Gasteiger partial charge on any atom is -0.480 e. The molecule has 43 heavy (non-hydrogen) atoms. The molecule has 0 bridgehead atoms. The van der Waals surface area contributed by atoms with Gasteiger partial charge in [0.25, 0.3) is 0 Å². The molecule has 12 heteroatoms. The van der Waals surface area contributed by atoms with Crippen molar-refractivity contribution in [3.63, 3.8) is 0 Å². The smallest absolute Gasteiger partial charge is 0.480 e. The Morgan fingerprint density at radius 1 is 0.721 bits per heavy atom. The number of nitrogens with two attached hydrogens (primary N) is 1. The second kappa shape index (κ2) is 15.8. The number of carbonyl (C=O) groups excluding carboxylic acids is 3. The molecule has 2 aromatic rings. The van der Waals surface area contributed by atoms with Gasteiger partial charge < -0.3 is 39.3 Å². The summed E-state index contributed by atoms with van der Waals surface area (Å²) in [4.78, 5) is 49.4. The van der Waals surface area contributed by atoms with E-state index >= 15 is 0 Å². The van der Waals surface area contributed by atoms with Crippen LogP contribution in [0.25, 0.3) is 0 Å². The van der Waals surface area contributed by atoms with Crippen LogP contribution in [0.4, 0.5) is 14.4 Å². The number of benzene rings is 2. The van der Waals surface area contributed by atoms with E-state index < -0.39 is 48.3 Å². The third kappa shape index (κ3) is 11.5. The zero-order chi connectivity index (χ0) is 32.3. The molecule has 12 nitrogen and oxygen atoms in total. The van der Waals surface area contributed by atoms with E-state index in [1.54, 1.807) is 44.2 Å². The van der Waals surface area contributed by atoms with Gasteiger partial charge in [0.2, 0.25) is 0 Å². The molecule has 236 valence electrons. The Morgan fingerprint density at radius 3 is 1.74 bits per heavy atom. The standard InChI is InChI=1S/C31H41NO11/c1-18(2)21(6)39-29(36)42-25-14-13-23(15-26(25)43-30(37)40-22(7)19(3)4)17-31(32,27(33)34)16-20(5)38-28(35)41-24-11-9-8-10-12-24/h8-15,18-22H,16-17,32H2,1-7H3,(H,33,34)/t20-,21?,22?,31?/m0/s1. The van der Waals surface area contributed by atoms with Crippen LogP contribution in [0.5, 0.6) is 17.2 Å². The second-order valence-electron chi connectivity index (χ2n) is 11.1. The number of ether oxygens (including phenoxy) is 6. The first-order chi connectivity index (χ1) is 20.1. The van der Waals surface area contributed by atoms with E-state index in [1.807, 2.05) is 27.7 Å². The molecule has 3 unspecified atom stereocenters. The van der Waals surface area contributed by atoms with Crippen LogP contribution in [0.3, 0.4) is 0 Å². The lowest BCUT2D eigenvalue weighted by atomic mass is 9.86. The number of carboxylic acid groups (broad SMARTS) is 1. The van der Waals surface area contributed by atoms with Gasteiger partial charge in [-0.05, 0) is 62.4 Å². The van der Waals surface area contributed by atoms with Gasteiger partial charge in [-0.25, -0.2) is 14.4 Å². The van der Waals surface area contributed by atoms with E-state index in [2.05, 4.69) is 0 Å². The first-order valence-corrected chi connectivity index (χ1v) is 13.9. The summed E-state index contributed by atoms with van der Waals surface area (Å²) in [5, 5.41) is 9.99. The highest BCUT2D eigenvalue weighted by Crippen LogP contribution is 2.32. The fraction of sp³-hybridized carbons (Fsp3) is 0.484. The molecule has 4 atom stereocenters. The summed E-state index contributed by atoms with van der Waals surface area (Å²) in [6.07, 6.45) is -5.51. The predicted octanol–water partition coefficient (Wildman–Crippen LogP) is 6.13. The molecule has 0 aromatic heterocycles. The summed E-state index contributed by atoms with van der Waals surface area (Å²) in [6, 6.07) is 12.3. The zero-order valence-electron chi connectivity index (χ0n) is 25.5. The normalized spacial score (nSPS) is 14.6. The summed E-state index contributed by atoms with van der Waals surface area (Å²) < 4.78 is 31.5. The minimum absolute atomic E-state index is 0.00436. The number of carboxylic acids is 1. The Hall–Kier alpha value is -4.32. The molecule has 2 rings (SSSR count). The van der Waals surface area contributed by atoms with Crippen molar-refractivity contribution < 1.29 is 52.7 Å². The Bertz CT molecular complexity index is 1250. The first-order valence-electron chi connectivity index (χ1n) is 13.9. The maximum Gasteiger partial charge on any atom is 0.514 e. The fourth-order valence-corrected chi connectivity index (χ4v) is 3.56. The largest absolute Gasteiger partial charge is 0.514 e. The molecule has 0 saturated carbocycles. The van der Waals surface area contributed by atoms with Gasteiger partial charge in [0.1, 0.15) is 29.6 Å². The van der Waals surface area contributed by atoms with Crippen LogP contribution < -0.4 is 19.9 Å². The molecule has 0 heterocycles. The van der Waals surface area contributed by atoms with E-state index in [-0.39, 0.29) is 41.9 Å². The van der Waals surface area contributed by atoms with Gasteiger partial charge in [-0.15, -0.1) is 0 Å². The highest BCUT2D eigenvalue weighted by molar-refractivity contribution is 5.79. The number of carbonyl (C=O) groups is 4. The van der Waals surface area contributed by atoms with Crippen LogP contribution in [0, 0.1) is 11.8 Å². The quantitative estimate of drug-likeness (QED) is 0.153. The summed E-state index contributed by atoms with van der Waals surface area (Å²) in [6.45, 7) is 12.3. The topological polar surface area (TPSA) is 170 Å². The molecular weight excluding hydrogens is 562 g/mol. The molecule has 0 aliphatic carbocycles. The van der Waals surface area contributed by atoms with Gasteiger partial charge >= 0.3 is 24.4 Å². The molecule has 2 aromatic carbocycles. The van der Waals surface area contributed by atoms with Crippen LogP contribution >= 0.6 is 0 Å². The third-order valence-electron chi connectivity index (χ3n) is 6.68. The van der Waals surface area contributed by atoms with Crippen LogP contribution in [0.1, 0.15) is 60.5 Å². The monoisotopic (exact) mass is 603 g/mol. The van der Waals surface area contributed by atoms with Crippen molar-refractivity contribution >= 4 is 24.4 Å². The second-order valence-corrected chi connectivity index (χ2v) is 11.1. The van der Waals surface area contributed by atoms with Crippen LogP contribution in [-0.2, 0) is 25.4 Å². The van der Waals surface area contributed by atoms with Crippen molar-refractivity contribution in [3.8, 4) is 17.2 Å². The van der Waals surface area contributed by atoms with Crippen molar-refractivity contribution in [2.75, 3.05) is 0 Å². The third-order valence-corrected chi connectivity index (χ3v) is 6.68. The van der Waals surface area contributed by atoms with Crippen molar-refractivity contribution in [3.05, 3.63) is 54.1 Å². The summed E-state index contributed by atoms with van der Waals surface area (Å²) in [5.74, 6) is -1.44. The molecule has 0 aliphatic rings. The Kier molecular flexibility index (Phi) is 12.8. The Balaban J connectivity index is 2.25. The minimum atomic E-state index is -1.91. The van der Waals surface area contributed by atoms with Gasteiger partial charge in [-0.3, -0.25) is 4.79 Å². The molecule has 0 radical (unpaired) electrons. The van der Waals surface area contributed by atoms with Crippen molar-refractivity contribution in [1.82, 2.24) is 0 Å². The summed E-state index contributed by atoms with van der Waals surface area (Å²) in [5.41, 5.74) is 4.69. The highest BCUT2D eigenvalue weighted by atomic mass is 16.8. The van der Waals surface area contributed by atoms with Crippen molar-refractivity contribution in [2.24, 2.45) is 17.6 Å². The molecular formula is C31H41NO11. The average Bonchev–Trinajstić information content (AvgIpc) is 2.90. The SMILES string of the molecule is CC(C)C(C)OC(=O)Oc1ccc(CC(N)(C[C@H](C)OC(=O)Oc2ccccc2)C(=O)O)cc1OC(=O)OC(C)C(C)C. The van der Waals surface area contributed by atoms with Gasteiger partial charge in [-0.2, -0.15) is 0 Å². The maximum absolute atomic E-state index is 12.5. The molecule has 0 amide bonds.